The summed E-state index contributed by atoms with van der Waals surface area (Å²) >= 11 is 0. The number of anilines is 1. The van der Waals surface area contributed by atoms with Crippen LogP contribution in [0.1, 0.15) is 24.8 Å². The lowest BCUT2D eigenvalue weighted by Gasteiger charge is -2.22. The molecule has 1 aromatic carbocycles. The van der Waals surface area contributed by atoms with E-state index in [0.717, 1.165) is 5.56 Å². The van der Waals surface area contributed by atoms with Crippen LogP contribution in [0.4, 0.5) is 5.69 Å². The molecule has 5 heteroatoms. The molecule has 1 heterocycles. The van der Waals surface area contributed by atoms with Gasteiger partial charge >= 0.3 is 5.97 Å². The van der Waals surface area contributed by atoms with Gasteiger partial charge in [-0.15, -0.1) is 0 Å². The van der Waals surface area contributed by atoms with Crippen molar-refractivity contribution in [2.75, 3.05) is 4.90 Å². The number of unbranched alkanes of at least 4 members (excludes halogenated alkanes) is 1. The van der Waals surface area contributed by atoms with E-state index in [1.54, 1.807) is 12.1 Å². The van der Waals surface area contributed by atoms with Crippen molar-refractivity contribution in [2.45, 2.75) is 31.7 Å². The van der Waals surface area contributed by atoms with E-state index in [2.05, 4.69) is 0 Å². The second-order valence-corrected chi connectivity index (χ2v) is 4.46. The Morgan fingerprint density at radius 2 is 2.16 bits per heavy atom. The molecule has 0 fully saturated rings. The van der Waals surface area contributed by atoms with Gasteiger partial charge in [0.25, 0.3) is 0 Å². The highest BCUT2D eigenvalue weighted by atomic mass is 16.4. The number of carbonyl (C=O) groups excluding carboxylic acids is 1. The minimum atomic E-state index is -0.996. The molecule has 5 nitrogen and oxygen atoms in total. The number of amides is 1. The fourth-order valence-corrected chi connectivity index (χ4v) is 2.33. The summed E-state index contributed by atoms with van der Waals surface area (Å²) < 4.78 is 0. The second-order valence-electron chi connectivity index (χ2n) is 4.46. The van der Waals surface area contributed by atoms with Gasteiger partial charge in [-0.25, -0.2) is 4.79 Å². The summed E-state index contributed by atoms with van der Waals surface area (Å²) in [5.41, 5.74) is 1.56. The molecule has 1 atom stereocenters. The zero-order valence-electron chi connectivity index (χ0n) is 10.4. The van der Waals surface area contributed by atoms with Crippen LogP contribution in [0.3, 0.4) is 0 Å². The number of nitrogens with zero attached hydrogens (tertiary/aromatic N) is 2. The number of rotatable bonds is 4. The maximum atomic E-state index is 12.2. The lowest BCUT2D eigenvalue weighted by Crippen LogP contribution is -2.42. The molecule has 1 amide bonds. The molecule has 1 aliphatic rings. The molecule has 98 valence electrons. The summed E-state index contributed by atoms with van der Waals surface area (Å²) in [6.07, 6.45) is 1.31. The molecule has 1 N–H and O–H groups in total. The number of carboxylic acids is 1. The lowest BCUT2D eigenvalue weighted by atomic mass is 10.1. The molecule has 1 aromatic rings. The number of para-hydroxylation sites is 1. The van der Waals surface area contributed by atoms with Gasteiger partial charge in [0.15, 0.2) is 0 Å². The van der Waals surface area contributed by atoms with Crippen molar-refractivity contribution in [1.82, 2.24) is 0 Å². The number of aliphatic carboxylic acids is 1. The van der Waals surface area contributed by atoms with Crippen molar-refractivity contribution >= 4 is 17.6 Å². The maximum Gasteiger partial charge on any atom is 0.327 e. The molecule has 0 radical (unpaired) electrons. The van der Waals surface area contributed by atoms with Gasteiger partial charge in [0.1, 0.15) is 6.04 Å². The fourth-order valence-electron chi connectivity index (χ4n) is 2.33. The molecule has 0 spiro atoms. The van der Waals surface area contributed by atoms with E-state index in [1.165, 1.54) is 4.90 Å². The summed E-state index contributed by atoms with van der Waals surface area (Å²) in [6, 6.07) is 8.38. The number of benzene rings is 1. The Balaban J connectivity index is 2.22. The van der Waals surface area contributed by atoms with Gasteiger partial charge in [0.2, 0.25) is 5.91 Å². The molecule has 1 aliphatic heterocycles. The SMILES string of the molecule is N#CCCCC(=O)N1c2ccccc2C[C@H]1C(=O)O. The average molecular weight is 258 g/mol. The van der Waals surface area contributed by atoms with E-state index >= 15 is 0 Å². The minimum absolute atomic E-state index is 0.200. The lowest BCUT2D eigenvalue weighted by molar-refractivity contribution is -0.139. The molecular weight excluding hydrogens is 244 g/mol. The Labute approximate surface area is 111 Å². The van der Waals surface area contributed by atoms with Crippen molar-refractivity contribution in [1.29, 1.82) is 5.26 Å². The third kappa shape index (κ3) is 2.58. The Morgan fingerprint density at radius 3 is 2.84 bits per heavy atom. The van der Waals surface area contributed by atoms with Crippen molar-refractivity contribution in [2.24, 2.45) is 0 Å². The predicted octanol–water partition coefficient (Wildman–Crippen LogP) is 1.72. The van der Waals surface area contributed by atoms with E-state index in [9.17, 15) is 14.7 Å². The monoisotopic (exact) mass is 258 g/mol. The van der Waals surface area contributed by atoms with Gasteiger partial charge in [0.05, 0.1) is 6.07 Å². The highest BCUT2D eigenvalue weighted by molar-refractivity contribution is 6.01. The summed E-state index contributed by atoms with van der Waals surface area (Å²) in [4.78, 5) is 24.8. The summed E-state index contributed by atoms with van der Waals surface area (Å²) in [6.45, 7) is 0. The van der Waals surface area contributed by atoms with Gasteiger partial charge < -0.3 is 5.11 Å². The number of carboxylic acid groups (broad SMARTS) is 1. The first kappa shape index (κ1) is 13.1. The maximum absolute atomic E-state index is 12.2. The molecule has 19 heavy (non-hydrogen) atoms. The number of fused-ring (bicyclic) bond motifs is 1. The van der Waals surface area contributed by atoms with E-state index in [4.69, 9.17) is 5.26 Å². The average Bonchev–Trinajstić information content (AvgIpc) is 2.78. The minimum Gasteiger partial charge on any atom is -0.480 e. The molecule has 0 unspecified atom stereocenters. The van der Waals surface area contributed by atoms with Crippen LogP contribution in [-0.2, 0) is 16.0 Å². The fraction of sp³-hybridized carbons (Fsp3) is 0.357. The summed E-state index contributed by atoms with van der Waals surface area (Å²) in [7, 11) is 0. The van der Waals surface area contributed by atoms with Gasteiger partial charge in [-0.3, -0.25) is 9.69 Å². The molecule has 0 bridgehead atoms. The Morgan fingerprint density at radius 1 is 1.42 bits per heavy atom. The second kappa shape index (κ2) is 5.53. The smallest absolute Gasteiger partial charge is 0.327 e. The number of nitriles is 1. The Bertz CT molecular complexity index is 548. The van der Waals surface area contributed by atoms with Crippen LogP contribution < -0.4 is 4.90 Å². The largest absolute Gasteiger partial charge is 0.480 e. The normalized spacial score (nSPS) is 16.8. The topological polar surface area (TPSA) is 81.4 Å². The van der Waals surface area contributed by atoms with Crippen LogP contribution in [0.5, 0.6) is 0 Å². The van der Waals surface area contributed by atoms with Crippen LogP contribution >= 0.6 is 0 Å². The highest BCUT2D eigenvalue weighted by Gasteiger charge is 2.37. The molecule has 0 saturated carbocycles. The third-order valence-corrected chi connectivity index (χ3v) is 3.21. The number of hydrogen-bond donors (Lipinski definition) is 1. The molecule has 0 aromatic heterocycles. The molecular formula is C14H14N2O3. The van der Waals surface area contributed by atoms with Gasteiger partial charge in [-0.05, 0) is 18.1 Å². The highest BCUT2D eigenvalue weighted by Crippen LogP contribution is 2.32. The van der Waals surface area contributed by atoms with Gasteiger partial charge in [0, 0.05) is 24.9 Å². The number of hydrogen-bond acceptors (Lipinski definition) is 3. The Hall–Kier alpha value is -2.35. The molecule has 0 saturated heterocycles. The van der Waals surface area contributed by atoms with Crippen LogP contribution in [0.15, 0.2) is 24.3 Å². The van der Waals surface area contributed by atoms with Crippen molar-refractivity contribution in [3.8, 4) is 6.07 Å². The quantitative estimate of drug-likeness (QED) is 0.834. The van der Waals surface area contributed by atoms with Crippen LogP contribution in [-0.4, -0.2) is 23.0 Å². The van der Waals surface area contributed by atoms with Crippen LogP contribution in [0.25, 0.3) is 0 Å². The number of carbonyl (C=O) groups is 2. The van der Waals surface area contributed by atoms with E-state index in [0.29, 0.717) is 24.9 Å². The van der Waals surface area contributed by atoms with Crippen molar-refractivity contribution < 1.29 is 14.7 Å². The third-order valence-electron chi connectivity index (χ3n) is 3.21. The first-order chi connectivity index (χ1) is 9.15. The van der Waals surface area contributed by atoms with Crippen molar-refractivity contribution in [3.63, 3.8) is 0 Å². The standard InChI is InChI=1S/C14H14N2O3/c15-8-4-3-7-13(17)16-11-6-2-1-5-10(11)9-12(16)14(18)19/h1-2,5-6,12H,3-4,7,9H2,(H,18,19)/t12-/m0/s1. The zero-order chi connectivity index (χ0) is 13.8. The zero-order valence-corrected chi connectivity index (χ0v) is 10.4. The van der Waals surface area contributed by atoms with E-state index < -0.39 is 12.0 Å². The molecule has 2 rings (SSSR count). The first-order valence-corrected chi connectivity index (χ1v) is 6.15. The van der Waals surface area contributed by atoms with Gasteiger partial charge in [-0.2, -0.15) is 5.26 Å². The van der Waals surface area contributed by atoms with E-state index in [-0.39, 0.29) is 12.3 Å². The Kier molecular flexibility index (Phi) is 3.81. The molecule has 0 aliphatic carbocycles. The van der Waals surface area contributed by atoms with Crippen LogP contribution in [0, 0.1) is 11.3 Å². The first-order valence-electron chi connectivity index (χ1n) is 6.15. The predicted molar refractivity (Wildman–Crippen MR) is 68.5 cm³/mol. The van der Waals surface area contributed by atoms with Crippen LogP contribution in [0.2, 0.25) is 0 Å². The van der Waals surface area contributed by atoms with E-state index in [1.807, 2.05) is 18.2 Å². The van der Waals surface area contributed by atoms with Gasteiger partial charge in [-0.1, -0.05) is 18.2 Å². The summed E-state index contributed by atoms with van der Waals surface area (Å²) in [5, 5.41) is 17.7. The van der Waals surface area contributed by atoms with Crippen molar-refractivity contribution in [3.05, 3.63) is 29.8 Å². The summed E-state index contributed by atoms with van der Waals surface area (Å²) in [5.74, 6) is -1.22.